The summed E-state index contributed by atoms with van der Waals surface area (Å²) in [6, 6.07) is 9.76. The molecule has 3 heterocycles. The lowest BCUT2D eigenvalue weighted by molar-refractivity contribution is 0.628. The second-order valence-electron chi connectivity index (χ2n) is 4.98. The zero-order chi connectivity index (χ0) is 15.8. The van der Waals surface area contributed by atoms with Crippen LogP contribution in [0.2, 0.25) is 0 Å². The summed E-state index contributed by atoms with van der Waals surface area (Å²) in [4.78, 5) is 4.20. The molecule has 0 saturated heterocycles. The summed E-state index contributed by atoms with van der Waals surface area (Å²) in [7, 11) is 0. The number of fused-ring (bicyclic) bond motifs is 1. The number of hydrogen-bond donors (Lipinski definition) is 0. The Morgan fingerprint density at radius 2 is 1.74 bits per heavy atom. The van der Waals surface area contributed by atoms with Gasteiger partial charge < -0.3 is 4.40 Å². The lowest BCUT2D eigenvalue weighted by Gasteiger charge is -2.04. The van der Waals surface area contributed by atoms with Crippen molar-refractivity contribution < 1.29 is 8.28 Å². The van der Waals surface area contributed by atoms with Crippen LogP contribution in [0.3, 0.4) is 0 Å². The van der Waals surface area contributed by atoms with E-state index in [2.05, 4.69) is 10.1 Å². The fourth-order valence-corrected chi connectivity index (χ4v) is 2.76. The molecule has 0 amide bonds. The highest BCUT2D eigenvalue weighted by Gasteiger charge is 2.14. The fraction of sp³-hybridized carbons (Fsp3) is 0. The first-order chi connectivity index (χ1) is 11.2. The van der Waals surface area contributed by atoms with E-state index in [1.165, 1.54) is 12.1 Å². The first-order valence-electron chi connectivity index (χ1n) is 6.82. The van der Waals surface area contributed by atoms with Gasteiger partial charge >= 0.3 is 0 Å². The van der Waals surface area contributed by atoms with Gasteiger partial charge in [-0.2, -0.15) is 9.19 Å². The maximum absolute atomic E-state index is 13.1. The Bertz CT molecular complexity index is 975. The summed E-state index contributed by atoms with van der Waals surface area (Å²) >= 11 is 0.0139. The van der Waals surface area contributed by atoms with Crippen molar-refractivity contribution in [3.8, 4) is 22.4 Å². The van der Waals surface area contributed by atoms with E-state index in [1.54, 1.807) is 24.5 Å². The minimum atomic E-state index is -0.325. The van der Waals surface area contributed by atoms with Crippen molar-refractivity contribution in [1.82, 2.24) is 18.6 Å². The van der Waals surface area contributed by atoms with Crippen LogP contribution < -0.4 is 0 Å². The van der Waals surface area contributed by atoms with Crippen LogP contribution in [0.1, 0.15) is 0 Å². The number of pyridine rings is 1. The van der Waals surface area contributed by atoms with Gasteiger partial charge in [0.1, 0.15) is 17.2 Å². The number of nitrogens with zero attached hydrogens (tertiary/aromatic N) is 4. The van der Waals surface area contributed by atoms with Gasteiger partial charge in [0, 0.05) is 41.5 Å². The van der Waals surface area contributed by atoms with Crippen molar-refractivity contribution in [2.75, 3.05) is 0 Å². The highest BCUT2D eigenvalue weighted by atomic mass is 32.2. The van der Waals surface area contributed by atoms with Gasteiger partial charge in [-0.1, -0.05) is 0 Å². The van der Waals surface area contributed by atoms with E-state index in [-0.39, 0.29) is 18.2 Å². The van der Waals surface area contributed by atoms with E-state index in [1.807, 2.05) is 28.9 Å². The predicted molar refractivity (Wildman–Crippen MR) is 85.9 cm³/mol. The number of halogens is 2. The molecule has 4 nitrogen and oxygen atoms in total. The number of rotatable bonds is 3. The van der Waals surface area contributed by atoms with Gasteiger partial charge in [0.2, 0.25) is 0 Å². The van der Waals surface area contributed by atoms with Crippen LogP contribution >= 0.6 is 12.3 Å². The van der Waals surface area contributed by atoms with Crippen LogP contribution in [0.15, 0.2) is 61.2 Å². The third-order valence-corrected chi connectivity index (χ3v) is 3.91. The number of imidazole rings is 1. The van der Waals surface area contributed by atoms with E-state index in [9.17, 15) is 8.28 Å². The van der Waals surface area contributed by atoms with Gasteiger partial charge in [0.25, 0.3) is 0 Å². The largest absolute Gasteiger partial charge is 0.306 e. The van der Waals surface area contributed by atoms with Crippen molar-refractivity contribution in [3.63, 3.8) is 0 Å². The second kappa shape index (κ2) is 5.51. The standard InChI is InChI=1S/C16H10F2N4S/c17-13-4-1-11(2-5-13)16-14(10-22(20-16)23-18)12-3-6-15-19-7-8-21(15)9-12/h1-10H. The van der Waals surface area contributed by atoms with Crippen LogP contribution in [-0.2, 0) is 0 Å². The molecule has 4 aromatic rings. The van der Waals surface area contributed by atoms with Gasteiger partial charge in [-0.15, -0.1) is 3.89 Å². The van der Waals surface area contributed by atoms with Crippen LogP contribution in [0.5, 0.6) is 0 Å². The molecular formula is C16H10F2N4S. The Kier molecular flexibility index (Phi) is 3.34. The predicted octanol–water partition coefficient (Wildman–Crippen LogP) is 4.38. The summed E-state index contributed by atoms with van der Waals surface area (Å²) in [5.74, 6) is -0.325. The molecule has 4 rings (SSSR count). The highest BCUT2D eigenvalue weighted by Crippen LogP contribution is 2.32. The van der Waals surface area contributed by atoms with E-state index in [0.717, 1.165) is 26.4 Å². The highest BCUT2D eigenvalue weighted by molar-refractivity contribution is 7.92. The van der Waals surface area contributed by atoms with Crippen LogP contribution in [0.25, 0.3) is 28.0 Å². The molecule has 0 aliphatic rings. The smallest absolute Gasteiger partial charge is 0.187 e. The number of hydrogen-bond acceptors (Lipinski definition) is 3. The average molecular weight is 328 g/mol. The average Bonchev–Trinajstić information content (AvgIpc) is 3.21. The van der Waals surface area contributed by atoms with Gasteiger partial charge in [-0.3, -0.25) is 0 Å². The molecule has 0 saturated carbocycles. The van der Waals surface area contributed by atoms with Crippen LogP contribution in [0, 0.1) is 5.82 Å². The van der Waals surface area contributed by atoms with E-state index in [0.29, 0.717) is 5.69 Å². The molecule has 0 aliphatic heterocycles. The minimum absolute atomic E-state index is 0.0139. The van der Waals surface area contributed by atoms with Crippen molar-refractivity contribution in [2.45, 2.75) is 0 Å². The molecule has 0 atom stereocenters. The molecule has 0 N–H and O–H groups in total. The quantitative estimate of drug-likeness (QED) is 0.560. The summed E-state index contributed by atoms with van der Waals surface area (Å²) in [6.07, 6.45) is 7.06. The summed E-state index contributed by atoms with van der Waals surface area (Å²) in [6.45, 7) is 0. The monoisotopic (exact) mass is 328 g/mol. The summed E-state index contributed by atoms with van der Waals surface area (Å²) < 4.78 is 29.1. The molecule has 0 bridgehead atoms. The first-order valence-corrected chi connectivity index (χ1v) is 7.50. The molecule has 3 aromatic heterocycles. The molecule has 23 heavy (non-hydrogen) atoms. The van der Waals surface area contributed by atoms with Crippen molar-refractivity contribution in [2.24, 2.45) is 0 Å². The van der Waals surface area contributed by atoms with Crippen molar-refractivity contribution in [1.29, 1.82) is 0 Å². The normalized spacial score (nSPS) is 11.2. The molecule has 0 fully saturated rings. The first kappa shape index (κ1) is 14.0. The molecule has 1 aromatic carbocycles. The molecule has 0 radical (unpaired) electrons. The Balaban J connectivity index is 1.89. The van der Waals surface area contributed by atoms with Crippen LogP contribution in [-0.4, -0.2) is 18.6 Å². The van der Waals surface area contributed by atoms with Crippen molar-refractivity contribution >= 4 is 18.0 Å². The van der Waals surface area contributed by atoms with E-state index < -0.39 is 0 Å². The molecule has 7 heteroatoms. The van der Waals surface area contributed by atoms with Gasteiger partial charge in [0.05, 0.1) is 0 Å². The number of benzene rings is 1. The molecule has 0 spiro atoms. The minimum Gasteiger partial charge on any atom is -0.306 e. The number of aromatic nitrogens is 4. The topological polar surface area (TPSA) is 35.1 Å². The lowest BCUT2D eigenvalue weighted by Crippen LogP contribution is -1.87. The fourth-order valence-electron chi connectivity index (χ4n) is 2.50. The molecule has 0 unspecified atom stereocenters. The Morgan fingerprint density at radius 1 is 0.957 bits per heavy atom. The third kappa shape index (κ3) is 2.49. The zero-order valence-corrected chi connectivity index (χ0v) is 12.5. The van der Waals surface area contributed by atoms with Gasteiger partial charge in [0.15, 0.2) is 12.3 Å². The maximum Gasteiger partial charge on any atom is 0.187 e. The summed E-state index contributed by atoms with van der Waals surface area (Å²) in [5.41, 5.74) is 3.77. The molecular weight excluding hydrogens is 318 g/mol. The SMILES string of the molecule is FSn1cc(-c2ccc3nccn3c2)c(-c2ccc(F)cc2)n1. The molecule has 0 aliphatic carbocycles. The van der Waals surface area contributed by atoms with Gasteiger partial charge in [-0.25, -0.2) is 9.37 Å². The van der Waals surface area contributed by atoms with E-state index >= 15 is 0 Å². The summed E-state index contributed by atoms with van der Waals surface area (Å²) in [5, 5.41) is 4.23. The third-order valence-electron chi connectivity index (χ3n) is 3.58. The maximum atomic E-state index is 13.1. The zero-order valence-electron chi connectivity index (χ0n) is 11.7. The van der Waals surface area contributed by atoms with Gasteiger partial charge in [-0.05, 0) is 36.4 Å². The Hall–Kier alpha value is -2.67. The Morgan fingerprint density at radius 3 is 2.52 bits per heavy atom. The van der Waals surface area contributed by atoms with Crippen molar-refractivity contribution in [3.05, 3.63) is 67.0 Å². The molecule has 114 valence electrons. The lowest BCUT2D eigenvalue weighted by atomic mass is 10.0. The second-order valence-corrected chi connectivity index (χ2v) is 5.49. The van der Waals surface area contributed by atoms with E-state index in [4.69, 9.17) is 0 Å². The van der Waals surface area contributed by atoms with Crippen LogP contribution in [0.4, 0.5) is 8.28 Å². The Labute approximate surface area is 134 Å².